The Morgan fingerprint density at radius 3 is 2.47 bits per heavy atom. The number of carbonyl (C=O) groups excluding carboxylic acids is 2. The normalized spacial score (nSPS) is 14.9. The first kappa shape index (κ1) is 25.6. The van der Waals surface area contributed by atoms with Crippen molar-refractivity contribution in [1.82, 2.24) is 10.3 Å². The quantitative estimate of drug-likeness (QED) is 0.297. The van der Waals surface area contributed by atoms with Crippen LogP contribution in [0.15, 0.2) is 97.2 Å². The minimum absolute atomic E-state index is 0.0597. The molecule has 1 atom stereocenters. The van der Waals surface area contributed by atoms with Gasteiger partial charge in [-0.05, 0) is 73.0 Å². The lowest BCUT2D eigenvalue weighted by Crippen LogP contribution is -2.32. The molecule has 4 aromatic rings. The van der Waals surface area contributed by atoms with Crippen LogP contribution in [0.2, 0.25) is 5.02 Å². The molecule has 6 nitrogen and oxygen atoms in total. The predicted octanol–water partition coefficient (Wildman–Crippen LogP) is 6.30. The summed E-state index contributed by atoms with van der Waals surface area (Å²) in [6.45, 7) is 1.45. The fourth-order valence-electron chi connectivity index (χ4n) is 4.80. The molecule has 1 aliphatic rings. The molecule has 1 unspecified atom stereocenters. The van der Waals surface area contributed by atoms with E-state index in [9.17, 15) is 9.59 Å². The summed E-state index contributed by atoms with van der Waals surface area (Å²) in [6.07, 6.45) is 4.49. The molecule has 0 aliphatic carbocycles. The third-order valence-electron chi connectivity index (χ3n) is 6.73. The van der Waals surface area contributed by atoms with Gasteiger partial charge in [-0.2, -0.15) is 0 Å². The van der Waals surface area contributed by atoms with Gasteiger partial charge in [-0.25, -0.2) is 0 Å². The molecule has 0 radical (unpaired) electrons. The molecule has 2 N–H and O–H groups in total. The number of para-hydroxylation sites is 1. The number of pyridine rings is 1. The monoisotopic (exact) mass is 524 g/mol. The van der Waals surface area contributed by atoms with Crippen LogP contribution in [0.25, 0.3) is 0 Å². The van der Waals surface area contributed by atoms with E-state index in [1.165, 1.54) is 0 Å². The van der Waals surface area contributed by atoms with Crippen molar-refractivity contribution in [2.24, 2.45) is 0 Å². The molecule has 2 amide bonds. The summed E-state index contributed by atoms with van der Waals surface area (Å²) in [6, 6.07) is 28.1. The lowest BCUT2D eigenvalue weighted by molar-refractivity contribution is 0.0985. The summed E-state index contributed by atoms with van der Waals surface area (Å²) >= 11 is 6.14. The molecule has 7 heteroatoms. The van der Waals surface area contributed by atoms with Gasteiger partial charge in [0.2, 0.25) is 0 Å². The maximum absolute atomic E-state index is 13.6. The summed E-state index contributed by atoms with van der Waals surface area (Å²) in [5.41, 5.74) is 4.69. The van der Waals surface area contributed by atoms with Gasteiger partial charge in [-0.3, -0.25) is 14.6 Å². The van der Waals surface area contributed by atoms with Gasteiger partial charge in [0, 0.05) is 54.4 Å². The number of anilines is 2. The number of halogens is 1. The van der Waals surface area contributed by atoms with E-state index >= 15 is 0 Å². The second-order valence-corrected chi connectivity index (χ2v) is 9.65. The van der Waals surface area contributed by atoms with E-state index < -0.39 is 0 Å². The Morgan fingerprint density at radius 2 is 1.68 bits per heavy atom. The minimum Gasteiger partial charge on any atom is -0.322 e. The first-order valence-corrected chi connectivity index (χ1v) is 13.2. The topological polar surface area (TPSA) is 74.3 Å². The number of nitrogens with zero attached hydrogens (tertiary/aromatic N) is 2. The first-order valence-electron chi connectivity index (χ1n) is 12.8. The van der Waals surface area contributed by atoms with Crippen molar-refractivity contribution in [2.45, 2.75) is 25.3 Å². The second-order valence-electron chi connectivity index (χ2n) is 9.25. The van der Waals surface area contributed by atoms with Crippen molar-refractivity contribution in [3.05, 3.63) is 125 Å². The van der Waals surface area contributed by atoms with E-state index in [1.807, 2.05) is 47.5 Å². The van der Waals surface area contributed by atoms with Gasteiger partial charge in [0.1, 0.15) is 0 Å². The maximum Gasteiger partial charge on any atom is 0.258 e. The van der Waals surface area contributed by atoms with Crippen LogP contribution in [0.4, 0.5) is 11.4 Å². The Hall–Kier alpha value is -4.00. The molecular formula is C31H29ClN4O2. The molecule has 0 spiro atoms. The molecule has 5 rings (SSSR count). The van der Waals surface area contributed by atoms with Crippen LogP contribution in [0, 0.1) is 0 Å². The molecule has 3 aromatic carbocycles. The molecule has 0 saturated heterocycles. The van der Waals surface area contributed by atoms with Crippen LogP contribution in [0.3, 0.4) is 0 Å². The van der Waals surface area contributed by atoms with Gasteiger partial charge < -0.3 is 15.5 Å². The van der Waals surface area contributed by atoms with Gasteiger partial charge in [0.15, 0.2) is 0 Å². The number of hydrogen-bond donors (Lipinski definition) is 2. The number of nitrogens with one attached hydrogen (secondary N) is 2. The number of amides is 2. The van der Waals surface area contributed by atoms with Gasteiger partial charge >= 0.3 is 0 Å². The standard InChI is InChI=1S/C31H29ClN4O2/c32-27-11-3-1-9-25(27)30(37)35-24-16-14-22(15-17-24)31(38)36-21-7-12-28(26-10-2-4-13-29(26)36)34-20-18-23-8-5-6-19-33-23/h1-6,8-11,13-17,19,28,34H,7,12,18,20-21H2,(H,35,37). The summed E-state index contributed by atoms with van der Waals surface area (Å²) in [5.74, 6) is -0.353. The fourth-order valence-corrected chi connectivity index (χ4v) is 5.02. The van der Waals surface area contributed by atoms with Crippen molar-refractivity contribution in [2.75, 3.05) is 23.3 Å². The molecule has 0 fully saturated rings. The third kappa shape index (κ3) is 5.93. The smallest absolute Gasteiger partial charge is 0.258 e. The average Bonchev–Trinajstić information content (AvgIpc) is 3.13. The summed E-state index contributed by atoms with van der Waals surface area (Å²) in [4.78, 5) is 32.5. The Labute approximate surface area is 227 Å². The van der Waals surface area contributed by atoms with Crippen molar-refractivity contribution in [3.8, 4) is 0 Å². The SMILES string of the molecule is O=C(Nc1ccc(C(=O)N2CCCC(NCCc3ccccn3)c3ccccc32)cc1)c1ccccc1Cl. The number of rotatable bonds is 7. The molecule has 192 valence electrons. The Bertz CT molecular complexity index is 1410. The van der Waals surface area contributed by atoms with Gasteiger partial charge in [0.05, 0.1) is 10.6 Å². The first-order chi connectivity index (χ1) is 18.6. The zero-order valence-corrected chi connectivity index (χ0v) is 21.7. The highest BCUT2D eigenvalue weighted by Gasteiger charge is 2.26. The average molecular weight is 525 g/mol. The molecule has 1 aromatic heterocycles. The molecule has 38 heavy (non-hydrogen) atoms. The van der Waals surface area contributed by atoms with E-state index in [-0.39, 0.29) is 17.9 Å². The van der Waals surface area contributed by atoms with E-state index in [1.54, 1.807) is 48.5 Å². The van der Waals surface area contributed by atoms with Gasteiger partial charge in [0.25, 0.3) is 11.8 Å². The lowest BCUT2D eigenvalue weighted by Gasteiger charge is -2.24. The van der Waals surface area contributed by atoms with Crippen LogP contribution in [-0.4, -0.2) is 29.9 Å². The number of fused-ring (bicyclic) bond motifs is 1. The van der Waals surface area contributed by atoms with Crippen LogP contribution < -0.4 is 15.5 Å². The Kier molecular flexibility index (Phi) is 8.12. The summed E-state index contributed by atoms with van der Waals surface area (Å²) in [7, 11) is 0. The highest BCUT2D eigenvalue weighted by Crippen LogP contribution is 2.34. The lowest BCUT2D eigenvalue weighted by atomic mass is 10.0. The van der Waals surface area contributed by atoms with Gasteiger partial charge in [-0.1, -0.05) is 48.0 Å². The molecule has 2 heterocycles. The van der Waals surface area contributed by atoms with Crippen molar-refractivity contribution in [1.29, 1.82) is 0 Å². The van der Waals surface area contributed by atoms with Crippen molar-refractivity contribution in [3.63, 3.8) is 0 Å². The number of benzene rings is 3. The van der Waals surface area contributed by atoms with Crippen LogP contribution >= 0.6 is 11.6 Å². The summed E-state index contributed by atoms with van der Waals surface area (Å²) < 4.78 is 0. The van der Waals surface area contributed by atoms with Crippen LogP contribution in [0.5, 0.6) is 0 Å². The highest BCUT2D eigenvalue weighted by molar-refractivity contribution is 6.34. The van der Waals surface area contributed by atoms with Gasteiger partial charge in [-0.15, -0.1) is 0 Å². The predicted molar refractivity (Wildman–Crippen MR) is 152 cm³/mol. The molecule has 0 bridgehead atoms. The third-order valence-corrected chi connectivity index (χ3v) is 7.06. The fraction of sp³-hybridized carbons (Fsp3) is 0.194. The number of aromatic nitrogens is 1. The Balaban J connectivity index is 1.28. The Morgan fingerprint density at radius 1 is 0.921 bits per heavy atom. The summed E-state index contributed by atoms with van der Waals surface area (Å²) in [5, 5.41) is 6.92. The van der Waals surface area contributed by atoms with E-state index in [0.717, 1.165) is 42.8 Å². The van der Waals surface area contributed by atoms with Crippen LogP contribution in [-0.2, 0) is 6.42 Å². The van der Waals surface area contributed by atoms with Crippen molar-refractivity contribution < 1.29 is 9.59 Å². The van der Waals surface area contributed by atoms with Crippen molar-refractivity contribution >= 4 is 34.8 Å². The van der Waals surface area contributed by atoms with E-state index in [2.05, 4.69) is 21.7 Å². The highest BCUT2D eigenvalue weighted by atomic mass is 35.5. The zero-order chi connectivity index (χ0) is 26.3. The van der Waals surface area contributed by atoms with Crippen LogP contribution in [0.1, 0.15) is 50.9 Å². The number of carbonyl (C=O) groups is 2. The van der Waals surface area contributed by atoms with E-state index in [4.69, 9.17) is 11.6 Å². The second kappa shape index (κ2) is 12.0. The molecular weight excluding hydrogens is 496 g/mol. The molecule has 0 saturated carbocycles. The largest absolute Gasteiger partial charge is 0.322 e. The maximum atomic E-state index is 13.6. The van der Waals surface area contributed by atoms with E-state index in [0.29, 0.717) is 28.4 Å². The molecule has 1 aliphatic heterocycles. The zero-order valence-electron chi connectivity index (χ0n) is 20.9. The minimum atomic E-state index is -0.294. The number of hydrogen-bond acceptors (Lipinski definition) is 4.